The van der Waals surface area contributed by atoms with Gasteiger partial charge in [0.2, 0.25) is 5.91 Å². The summed E-state index contributed by atoms with van der Waals surface area (Å²) in [7, 11) is 1.93. The van der Waals surface area contributed by atoms with E-state index in [4.69, 9.17) is 0 Å². The van der Waals surface area contributed by atoms with Crippen LogP contribution in [-0.2, 0) is 4.79 Å². The summed E-state index contributed by atoms with van der Waals surface area (Å²) in [6, 6.07) is 10.3. The van der Waals surface area contributed by atoms with E-state index in [0.29, 0.717) is 6.04 Å². The number of hydrogen-bond acceptors (Lipinski definition) is 3. The van der Waals surface area contributed by atoms with Crippen LogP contribution in [-0.4, -0.2) is 28.8 Å². The van der Waals surface area contributed by atoms with Crippen molar-refractivity contribution in [3.8, 4) is 5.69 Å². The van der Waals surface area contributed by atoms with E-state index < -0.39 is 0 Å². The number of nitrogens with zero attached hydrogens (tertiary/aromatic N) is 2. The van der Waals surface area contributed by atoms with Crippen LogP contribution in [0.4, 0.5) is 5.69 Å². The topological polar surface area (TPSA) is 59.0 Å². The number of aromatic nitrogens is 2. The van der Waals surface area contributed by atoms with E-state index in [9.17, 15) is 4.79 Å². The van der Waals surface area contributed by atoms with Gasteiger partial charge in [-0.2, -0.15) is 5.10 Å². The van der Waals surface area contributed by atoms with Gasteiger partial charge in [-0.1, -0.05) is 18.2 Å². The summed E-state index contributed by atoms with van der Waals surface area (Å²) in [6.45, 7) is 0. The van der Waals surface area contributed by atoms with E-state index in [2.05, 4.69) is 15.7 Å². The zero-order chi connectivity index (χ0) is 13.9. The summed E-state index contributed by atoms with van der Waals surface area (Å²) in [6.07, 6.45) is 5.34. The Balaban J connectivity index is 1.62. The fourth-order valence-corrected chi connectivity index (χ4v) is 2.42. The second kappa shape index (κ2) is 5.46. The Labute approximate surface area is 118 Å². The first-order chi connectivity index (χ1) is 9.76. The van der Waals surface area contributed by atoms with Crippen LogP contribution >= 0.6 is 0 Å². The van der Waals surface area contributed by atoms with E-state index >= 15 is 0 Å². The van der Waals surface area contributed by atoms with E-state index in [-0.39, 0.29) is 11.8 Å². The predicted octanol–water partition coefficient (Wildman–Crippen LogP) is 1.81. The minimum absolute atomic E-state index is 0.0871. The maximum absolute atomic E-state index is 12.0. The Bertz CT molecular complexity index is 587. The fourth-order valence-electron chi connectivity index (χ4n) is 2.42. The van der Waals surface area contributed by atoms with Crippen LogP contribution in [0.2, 0.25) is 0 Å². The molecule has 0 spiro atoms. The van der Waals surface area contributed by atoms with Crippen molar-refractivity contribution in [2.75, 3.05) is 12.4 Å². The number of amides is 1. The monoisotopic (exact) mass is 270 g/mol. The molecule has 104 valence electrons. The molecule has 1 aromatic carbocycles. The minimum atomic E-state index is 0.0871. The highest BCUT2D eigenvalue weighted by Crippen LogP contribution is 2.28. The highest BCUT2D eigenvalue weighted by atomic mass is 16.1. The van der Waals surface area contributed by atoms with E-state index in [1.807, 2.05) is 43.6 Å². The first-order valence-electron chi connectivity index (χ1n) is 6.84. The lowest BCUT2D eigenvalue weighted by molar-refractivity contribution is -0.122. The van der Waals surface area contributed by atoms with Gasteiger partial charge in [0.25, 0.3) is 0 Å². The molecule has 1 aromatic heterocycles. The van der Waals surface area contributed by atoms with Gasteiger partial charge in [-0.15, -0.1) is 0 Å². The summed E-state index contributed by atoms with van der Waals surface area (Å²) in [5.41, 5.74) is 1.72. The molecule has 0 aliphatic heterocycles. The van der Waals surface area contributed by atoms with Crippen LogP contribution in [0.25, 0.3) is 5.69 Å². The second-order valence-electron chi connectivity index (χ2n) is 5.15. The summed E-state index contributed by atoms with van der Waals surface area (Å²) < 4.78 is 1.76. The van der Waals surface area contributed by atoms with Crippen molar-refractivity contribution in [1.82, 2.24) is 15.1 Å². The third-order valence-electron chi connectivity index (χ3n) is 3.79. The van der Waals surface area contributed by atoms with Gasteiger partial charge in [-0.25, -0.2) is 4.68 Å². The summed E-state index contributed by atoms with van der Waals surface area (Å²) in [5.74, 6) is 0.205. The maximum atomic E-state index is 12.0. The van der Waals surface area contributed by atoms with Crippen LogP contribution in [0.15, 0.2) is 42.7 Å². The van der Waals surface area contributed by atoms with Gasteiger partial charge in [0.15, 0.2) is 0 Å². The van der Waals surface area contributed by atoms with Crippen molar-refractivity contribution in [2.24, 2.45) is 5.92 Å². The highest BCUT2D eigenvalue weighted by Gasteiger charge is 2.33. The number of carbonyl (C=O) groups is 1. The molecule has 0 radical (unpaired) electrons. The number of hydrogen-bond donors (Lipinski definition) is 2. The van der Waals surface area contributed by atoms with Gasteiger partial charge in [-0.05, 0) is 32.0 Å². The molecule has 0 unspecified atom stereocenters. The van der Waals surface area contributed by atoms with Crippen molar-refractivity contribution < 1.29 is 4.79 Å². The van der Waals surface area contributed by atoms with E-state index in [1.54, 1.807) is 10.9 Å². The molecule has 1 amide bonds. The normalized spacial score (nSPS) is 21.2. The molecule has 2 N–H and O–H groups in total. The smallest absolute Gasteiger partial charge is 0.227 e. The van der Waals surface area contributed by atoms with Gasteiger partial charge < -0.3 is 10.6 Å². The molecule has 0 bridgehead atoms. The summed E-state index contributed by atoms with van der Waals surface area (Å²) in [5, 5.41) is 10.4. The van der Waals surface area contributed by atoms with Crippen molar-refractivity contribution >= 4 is 11.6 Å². The molecule has 1 aliphatic rings. The number of benzene rings is 1. The van der Waals surface area contributed by atoms with Crippen LogP contribution in [0.1, 0.15) is 12.8 Å². The van der Waals surface area contributed by atoms with Crippen LogP contribution < -0.4 is 10.6 Å². The molecule has 1 fully saturated rings. The Morgan fingerprint density at radius 3 is 2.75 bits per heavy atom. The number of anilines is 1. The van der Waals surface area contributed by atoms with Crippen molar-refractivity contribution in [3.05, 3.63) is 42.7 Å². The van der Waals surface area contributed by atoms with Crippen molar-refractivity contribution in [3.63, 3.8) is 0 Å². The molecule has 1 aliphatic carbocycles. The van der Waals surface area contributed by atoms with E-state index in [0.717, 1.165) is 24.2 Å². The number of carbonyl (C=O) groups excluding carboxylic acids is 1. The van der Waals surface area contributed by atoms with Gasteiger partial charge in [-0.3, -0.25) is 4.79 Å². The molecule has 1 saturated carbocycles. The molecular weight excluding hydrogens is 252 g/mol. The quantitative estimate of drug-likeness (QED) is 0.890. The van der Waals surface area contributed by atoms with Crippen LogP contribution in [0, 0.1) is 5.92 Å². The first kappa shape index (κ1) is 12.9. The molecule has 5 nitrogen and oxygen atoms in total. The SMILES string of the molecule is CN[C@H]1C[C@@H](C(=O)Nc2cnn(-c3ccccc3)c2)C1. The fraction of sp³-hybridized carbons (Fsp3) is 0.333. The number of rotatable bonds is 4. The lowest BCUT2D eigenvalue weighted by Gasteiger charge is -2.33. The Morgan fingerprint density at radius 2 is 2.05 bits per heavy atom. The molecule has 5 heteroatoms. The Morgan fingerprint density at radius 1 is 1.30 bits per heavy atom. The maximum Gasteiger partial charge on any atom is 0.227 e. The zero-order valence-electron chi connectivity index (χ0n) is 11.4. The average Bonchev–Trinajstić information content (AvgIpc) is 2.87. The summed E-state index contributed by atoms with van der Waals surface area (Å²) in [4.78, 5) is 12.0. The molecule has 1 heterocycles. The molecule has 2 aromatic rings. The lowest BCUT2D eigenvalue weighted by atomic mass is 9.80. The molecule has 20 heavy (non-hydrogen) atoms. The number of nitrogens with one attached hydrogen (secondary N) is 2. The lowest BCUT2D eigenvalue weighted by Crippen LogP contribution is -2.44. The minimum Gasteiger partial charge on any atom is -0.323 e. The third-order valence-corrected chi connectivity index (χ3v) is 3.79. The summed E-state index contributed by atoms with van der Waals surface area (Å²) >= 11 is 0. The molecular formula is C15H18N4O. The van der Waals surface area contributed by atoms with Crippen molar-refractivity contribution in [1.29, 1.82) is 0 Å². The van der Waals surface area contributed by atoms with Gasteiger partial charge in [0.1, 0.15) is 0 Å². The van der Waals surface area contributed by atoms with Crippen LogP contribution in [0.3, 0.4) is 0 Å². The number of para-hydroxylation sites is 1. The molecule has 0 saturated heterocycles. The largest absolute Gasteiger partial charge is 0.323 e. The van der Waals surface area contributed by atoms with E-state index in [1.165, 1.54) is 0 Å². The average molecular weight is 270 g/mol. The molecule has 0 atom stereocenters. The Kier molecular flexibility index (Phi) is 3.52. The van der Waals surface area contributed by atoms with Gasteiger partial charge in [0, 0.05) is 12.0 Å². The van der Waals surface area contributed by atoms with Gasteiger partial charge >= 0.3 is 0 Å². The zero-order valence-corrected chi connectivity index (χ0v) is 11.4. The third kappa shape index (κ3) is 2.58. The molecule has 3 rings (SSSR count). The standard InChI is InChI=1S/C15H18N4O/c1-16-12-7-11(8-12)15(20)18-13-9-17-19(10-13)14-5-3-2-4-6-14/h2-6,9-12,16H,7-8H2,1H3,(H,18,20)/t11-,12+. The predicted molar refractivity (Wildman–Crippen MR) is 77.8 cm³/mol. The van der Waals surface area contributed by atoms with Crippen LogP contribution in [0.5, 0.6) is 0 Å². The van der Waals surface area contributed by atoms with Crippen molar-refractivity contribution in [2.45, 2.75) is 18.9 Å². The second-order valence-corrected chi connectivity index (χ2v) is 5.15. The highest BCUT2D eigenvalue weighted by molar-refractivity contribution is 5.93. The van der Waals surface area contributed by atoms with Gasteiger partial charge in [0.05, 0.1) is 23.8 Å². The Hall–Kier alpha value is -2.14. The first-order valence-corrected chi connectivity index (χ1v) is 6.84.